The van der Waals surface area contributed by atoms with Crippen molar-refractivity contribution in [2.75, 3.05) is 6.54 Å². The molecule has 1 rings (SSSR count). The number of rotatable bonds is 0. The zero-order valence-corrected chi connectivity index (χ0v) is 4.91. The van der Waals surface area contributed by atoms with Crippen LogP contribution in [0.4, 0.5) is 0 Å². The van der Waals surface area contributed by atoms with Gasteiger partial charge in [-0.3, -0.25) is 0 Å². The highest BCUT2D eigenvalue weighted by Crippen LogP contribution is 2.04. The molecule has 0 aromatic carbocycles. The standard InChI is InChI=1S/C6H13N.2CH4/c1-6-4-2-3-5-7-6;;/h6-7H,2-5H2,1H3;2*1H4. The van der Waals surface area contributed by atoms with Crippen molar-refractivity contribution in [3.05, 3.63) is 0 Å². The lowest BCUT2D eigenvalue weighted by atomic mass is 10.1. The summed E-state index contributed by atoms with van der Waals surface area (Å²) in [7, 11) is 0. The van der Waals surface area contributed by atoms with Crippen molar-refractivity contribution in [1.29, 1.82) is 0 Å². The minimum Gasteiger partial charge on any atom is -0.314 e. The summed E-state index contributed by atoms with van der Waals surface area (Å²) in [5, 5.41) is 3.38. The van der Waals surface area contributed by atoms with E-state index in [1.807, 2.05) is 0 Å². The molecule has 1 atom stereocenters. The maximum absolute atomic E-state index is 3.38. The van der Waals surface area contributed by atoms with E-state index >= 15 is 0 Å². The third-order valence-corrected chi connectivity index (χ3v) is 1.56. The van der Waals surface area contributed by atoms with E-state index < -0.39 is 0 Å². The fraction of sp³-hybridized carbons (Fsp3) is 1.00. The summed E-state index contributed by atoms with van der Waals surface area (Å²) >= 11 is 0. The van der Waals surface area contributed by atoms with Gasteiger partial charge in [-0.05, 0) is 26.3 Å². The van der Waals surface area contributed by atoms with E-state index in [2.05, 4.69) is 12.2 Å². The van der Waals surface area contributed by atoms with Crippen LogP contribution in [-0.2, 0) is 0 Å². The van der Waals surface area contributed by atoms with E-state index in [1.54, 1.807) is 0 Å². The molecular formula is C8H21N. The monoisotopic (exact) mass is 131 g/mol. The SMILES string of the molecule is C.C.CC1CCCCN1. The lowest BCUT2D eigenvalue weighted by Crippen LogP contribution is -2.30. The summed E-state index contributed by atoms with van der Waals surface area (Å²) in [4.78, 5) is 0. The molecule has 1 aliphatic rings. The average Bonchev–Trinajstić information content (AvgIpc) is 1.69. The molecule has 0 radical (unpaired) electrons. The molecule has 0 aromatic heterocycles. The molecule has 1 unspecified atom stereocenters. The zero-order chi connectivity index (χ0) is 5.11. The van der Waals surface area contributed by atoms with Crippen LogP contribution in [0.5, 0.6) is 0 Å². The van der Waals surface area contributed by atoms with E-state index in [0.717, 1.165) is 6.04 Å². The Labute approximate surface area is 59.8 Å². The lowest BCUT2D eigenvalue weighted by molar-refractivity contribution is 0.425. The Bertz CT molecular complexity index is 46.5. The largest absolute Gasteiger partial charge is 0.314 e. The normalized spacial score (nSPS) is 25.7. The van der Waals surface area contributed by atoms with Crippen molar-refractivity contribution in [3.8, 4) is 0 Å². The second-order valence-electron chi connectivity index (χ2n) is 2.35. The highest BCUT2D eigenvalue weighted by molar-refractivity contribution is 4.65. The molecule has 1 heteroatoms. The molecule has 1 nitrogen and oxygen atoms in total. The van der Waals surface area contributed by atoms with Crippen molar-refractivity contribution in [2.24, 2.45) is 0 Å². The van der Waals surface area contributed by atoms with Crippen LogP contribution in [0.1, 0.15) is 41.0 Å². The van der Waals surface area contributed by atoms with E-state index in [4.69, 9.17) is 0 Å². The van der Waals surface area contributed by atoms with Crippen molar-refractivity contribution in [2.45, 2.75) is 47.1 Å². The van der Waals surface area contributed by atoms with Crippen LogP contribution < -0.4 is 5.32 Å². The van der Waals surface area contributed by atoms with Gasteiger partial charge in [0, 0.05) is 6.04 Å². The van der Waals surface area contributed by atoms with Crippen LogP contribution in [0.2, 0.25) is 0 Å². The van der Waals surface area contributed by atoms with E-state index in [1.165, 1.54) is 25.8 Å². The quantitative estimate of drug-likeness (QED) is 0.532. The fourth-order valence-electron chi connectivity index (χ4n) is 1.03. The average molecular weight is 131 g/mol. The molecule has 1 N–H and O–H groups in total. The first kappa shape index (κ1) is 11.7. The third kappa shape index (κ3) is 4.46. The molecule has 0 amide bonds. The molecule has 1 aliphatic heterocycles. The highest BCUT2D eigenvalue weighted by Gasteiger charge is 2.04. The Morgan fingerprint density at radius 2 is 1.89 bits per heavy atom. The Kier molecular flexibility index (Phi) is 7.92. The number of hydrogen-bond donors (Lipinski definition) is 1. The van der Waals surface area contributed by atoms with Gasteiger partial charge in [0.1, 0.15) is 0 Å². The first-order valence-electron chi connectivity index (χ1n) is 3.13. The predicted molar refractivity (Wildman–Crippen MR) is 44.8 cm³/mol. The topological polar surface area (TPSA) is 12.0 Å². The maximum Gasteiger partial charge on any atom is 0.00387 e. The minimum absolute atomic E-state index is 0. The molecule has 0 aromatic rings. The van der Waals surface area contributed by atoms with E-state index in [-0.39, 0.29) is 14.9 Å². The van der Waals surface area contributed by atoms with E-state index in [0.29, 0.717) is 0 Å². The van der Waals surface area contributed by atoms with Gasteiger partial charge in [0.2, 0.25) is 0 Å². The van der Waals surface area contributed by atoms with Gasteiger partial charge in [0.15, 0.2) is 0 Å². The third-order valence-electron chi connectivity index (χ3n) is 1.56. The van der Waals surface area contributed by atoms with Crippen LogP contribution in [0.25, 0.3) is 0 Å². The summed E-state index contributed by atoms with van der Waals surface area (Å²) < 4.78 is 0. The summed E-state index contributed by atoms with van der Waals surface area (Å²) in [6, 6.07) is 0.786. The Morgan fingerprint density at radius 3 is 2.11 bits per heavy atom. The molecule has 1 fully saturated rings. The molecule has 0 spiro atoms. The Morgan fingerprint density at radius 1 is 1.22 bits per heavy atom. The summed E-state index contributed by atoms with van der Waals surface area (Å²) in [5.41, 5.74) is 0. The molecule has 0 aliphatic carbocycles. The first-order chi connectivity index (χ1) is 3.39. The summed E-state index contributed by atoms with van der Waals surface area (Å²) in [5.74, 6) is 0. The number of nitrogens with one attached hydrogen (secondary N) is 1. The summed E-state index contributed by atoms with van der Waals surface area (Å²) in [6.45, 7) is 3.49. The number of piperidine rings is 1. The van der Waals surface area contributed by atoms with Gasteiger partial charge < -0.3 is 5.32 Å². The van der Waals surface area contributed by atoms with Crippen molar-refractivity contribution in [3.63, 3.8) is 0 Å². The van der Waals surface area contributed by atoms with Gasteiger partial charge in [0.25, 0.3) is 0 Å². The number of hydrogen-bond acceptors (Lipinski definition) is 1. The van der Waals surface area contributed by atoms with Gasteiger partial charge in [0.05, 0.1) is 0 Å². The second-order valence-corrected chi connectivity index (χ2v) is 2.35. The smallest absolute Gasteiger partial charge is 0.00387 e. The molecule has 0 saturated carbocycles. The van der Waals surface area contributed by atoms with Crippen LogP contribution in [-0.4, -0.2) is 12.6 Å². The van der Waals surface area contributed by atoms with Crippen LogP contribution >= 0.6 is 0 Å². The highest BCUT2D eigenvalue weighted by atomic mass is 14.9. The van der Waals surface area contributed by atoms with Gasteiger partial charge in [-0.1, -0.05) is 21.3 Å². The van der Waals surface area contributed by atoms with Crippen molar-refractivity contribution in [1.82, 2.24) is 5.32 Å². The molecule has 0 bridgehead atoms. The maximum atomic E-state index is 3.38. The summed E-state index contributed by atoms with van der Waals surface area (Å²) in [6.07, 6.45) is 4.18. The Balaban J connectivity index is 0. The van der Waals surface area contributed by atoms with Gasteiger partial charge in [-0.15, -0.1) is 0 Å². The second kappa shape index (κ2) is 6.09. The molecule has 58 valence electrons. The van der Waals surface area contributed by atoms with Crippen molar-refractivity contribution < 1.29 is 0 Å². The molecular weight excluding hydrogens is 110 g/mol. The van der Waals surface area contributed by atoms with Gasteiger partial charge in [-0.25, -0.2) is 0 Å². The molecule has 9 heavy (non-hydrogen) atoms. The zero-order valence-electron chi connectivity index (χ0n) is 4.91. The van der Waals surface area contributed by atoms with Gasteiger partial charge in [-0.2, -0.15) is 0 Å². The first-order valence-corrected chi connectivity index (χ1v) is 3.13. The van der Waals surface area contributed by atoms with E-state index in [9.17, 15) is 0 Å². The lowest BCUT2D eigenvalue weighted by Gasteiger charge is -2.18. The predicted octanol–water partition coefficient (Wildman–Crippen LogP) is 2.42. The minimum atomic E-state index is 0. The van der Waals surface area contributed by atoms with Crippen LogP contribution in [0.3, 0.4) is 0 Å². The van der Waals surface area contributed by atoms with Crippen molar-refractivity contribution >= 4 is 0 Å². The fourth-order valence-corrected chi connectivity index (χ4v) is 1.03. The molecule has 1 saturated heterocycles. The van der Waals surface area contributed by atoms with Crippen LogP contribution in [0.15, 0.2) is 0 Å². The van der Waals surface area contributed by atoms with Gasteiger partial charge >= 0.3 is 0 Å². The van der Waals surface area contributed by atoms with Crippen LogP contribution in [0, 0.1) is 0 Å². The molecule has 1 heterocycles. The Hall–Kier alpha value is -0.0400.